The molecular formula is C16H23NO4. The summed E-state index contributed by atoms with van der Waals surface area (Å²) in [6, 6.07) is 7.13. The summed E-state index contributed by atoms with van der Waals surface area (Å²) in [5, 5.41) is 2.87. The molecule has 0 aromatic heterocycles. The van der Waals surface area contributed by atoms with E-state index in [0.717, 1.165) is 25.2 Å². The zero-order chi connectivity index (χ0) is 15.1. The first-order chi connectivity index (χ1) is 10.2. The maximum atomic E-state index is 12.0. The lowest BCUT2D eigenvalue weighted by molar-refractivity contribution is 0.0679. The predicted octanol–water partition coefficient (Wildman–Crippen LogP) is 2.01. The van der Waals surface area contributed by atoms with Crippen LogP contribution in [0.4, 0.5) is 0 Å². The molecule has 0 aliphatic carbocycles. The first-order valence-electron chi connectivity index (χ1n) is 7.33. The van der Waals surface area contributed by atoms with Gasteiger partial charge in [-0.2, -0.15) is 0 Å². The average Bonchev–Trinajstić information content (AvgIpc) is 2.99. The van der Waals surface area contributed by atoms with Crippen LogP contribution in [0.5, 0.6) is 5.75 Å². The van der Waals surface area contributed by atoms with Gasteiger partial charge in [0.05, 0.1) is 12.7 Å². The normalized spacial score (nSPS) is 19.2. The molecular weight excluding hydrogens is 270 g/mol. The molecule has 1 heterocycles. The molecule has 1 fully saturated rings. The van der Waals surface area contributed by atoms with Gasteiger partial charge in [-0.1, -0.05) is 0 Å². The van der Waals surface area contributed by atoms with Gasteiger partial charge in [0.15, 0.2) is 0 Å². The summed E-state index contributed by atoms with van der Waals surface area (Å²) in [5.41, 5.74) is 0.613. The van der Waals surface area contributed by atoms with E-state index >= 15 is 0 Å². The number of hydrogen-bond acceptors (Lipinski definition) is 4. The molecule has 0 saturated carbocycles. The molecule has 1 N–H and O–H groups in total. The second-order valence-corrected chi connectivity index (χ2v) is 5.30. The average molecular weight is 293 g/mol. The van der Waals surface area contributed by atoms with Gasteiger partial charge in [0.25, 0.3) is 5.91 Å². The van der Waals surface area contributed by atoms with Crippen molar-refractivity contribution in [3.63, 3.8) is 0 Å². The quantitative estimate of drug-likeness (QED) is 0.835. The Morgan fingerprint density at radius 2 is 2.19 bits per heavy atom. The highest BCUT2D eigenvalue weighted by molar-refractivity contribution is 5.94. The van der Waals surface area contributed by atoms with Gasteiger partial charge in [0.1, 0.15) is 12.4 Å². The molecule has 116 valence electrons. The van der Waals surface area contributed by atoms with Crippen LogP contribution in [0.2, 0.25) is 0 Å². The minimum absolute atomic E-state index is 0.0158. The van der Waals surface area contributed by atoms with Gasteiger partial charge in [-0.15, -0.1) is 0 Å². The number of methoxy groups -OCH3 is 1. The van der Waals surface area contributed by atoms with E-state index < -0.39 is 0 Å². The van der Waals surface area contributed by atoms with E-state index in [-0.39, 0.29) is 18.1 Å². The van der Waals surface area contributed by atoms with Crippen LogP contribution < -0.4 is 10.1 Å². The number of carbonyl (C=O) groups is 1. The Hall–Kier alpha value is -1.59. The second kappa shape index (κ2) is 8.00. The highest BCUT2D eigenvalue weighted by atomic mass is 16.5. The van der Waals surface area contributed by atoms with Crippen molar-refractivity contribution in [2.45, 2.75) is 31.9 Å². The monoisotopic (exact) mass is 293 g/mol. The van der Waals surface area contributed by atoms with Crippen molar-refractivity contribution in [3.8, 4) is 5.75 Å². The fourth-order valence-electron chi connectivity index (χ4n) is 2.27. The van der Waals surface area contributed by atoms with Crippen molar-refractivity contribution in [1.29, 1.82) is 0 Å². The van der Waals surface area contributed by atoms with Gasteiger partial charge < -0.3 is 19.5 Å². The zero-order valence-electron chi connectivity index (χ0n) is 12.6. The minimum Gasteiger partial charge on any atom is -0.491 e. The summed E-state index contributed by atoms with van der Waals surface area (Å²) in [7, 11) is 1.61. The fourth-order valence-corrected chi connectivity index (χ4v) is 2.27. The third-order valence-electron chi connectivity index (χ3n) is 3.37. The number of rotatable bonds is 7. The maximum Gasteiger partial charge on any atom is 0.251 e. The summed E-state index contributed by atoms with van der Waals surface area (Å²) in [6.07, 6.45) is 2.35. The first-order valence-corrected chi connectivity index (χ1v) is 7.33. The van der Waals surface area contributed by atoms with Crippen LogP contribution in [-0.4, -0.2) is 45.0 Å². The standard InChI is InChI=1S/C16H23NO4/c1-12(10-19-2)17-16(18)13-5-7-14(8-6-13)21-11-15-4-3-9-20-15/h5-8,12,15H,3-4,9-11H2,1-2H3,(H,17,18)/t12-,15-/m0/s1. The number of hydrogen-bond donors (Lipinski definition) is 1. The van der Waals surface area contributed by atoms with Gasteiger partial charge in [-0.3, -0.25) is 4.79 Å². The molecule has 5 heteroatoms. The Morgan fingerprint density at radius 1 is 1.43 bits per heavy atom. The summed E-state index contributed by atoms with van der Waals surface area (Å²) in [6.45, 7) is 3.79. The number of carbonyl (C=O) groups excluding carboxylic acids is 1. The van der Waals surface area contributed by atoms with E-state index in [1.54, 1.807) is 19.2 Å². The molecule has 2 rings (SSSR count). The molecule has 1 aromatic carbocycles. The first kappa shape index (κ1) is 15.8. The van der Waals surface area contributed by atoms with Crippen molar-refractivity contribution < 1.29 is 19.0 Å². The second-order valence-electron chi connectivity index (χ2n) is 5.30. The van der Waals surface area contributed by atoms with Gasteiger partial charge in [-0.25, -0.2) is 0 Å². The van der Waals surface area contributed by atoms with E-state index in [2.05, 4.69) is 5.32 Å². The summed E-state index contributed by atoms with van der Waals surface area (Å²) in [4.78, 5) is 12.0. The fraction of sp³-hybridized carbons (Fsp3) is 0.562. The smallest absolute Gasteiger partial charge is 0.251 e. The largest absolute Gasteiger partial charge is 0.491 e. The van der Waals surface area contributed by atoms with Gasteiger partial charge in [0, 0.05) is 25.3 Å². The Balaban J connectivity index is 1.81. The molecule has 5 nitrogen and oxygen atoms in total. The van der Waals surface area contributed by atoms with Gasteiger partial charge in [0.2, 0.25) is 0 Å². The van der Waals surface area contributed by atoms with Crippen LogP contribution in [0.25, 0.3) is 0 Å². The topological polar surface area (TPSA) is 56.8 Å². The SMILES string of the molecule is COC[C@H](C)NC(=O)c1ccc(OC[C@@H]2CCCO2)cc1. The molecule has 0 bridgehead atoms. The van der Waals surface area contributed by atoms with Crippen molar-refractivity contribution >= 4 is 5.91 Å². The predicted molar refractivity (Wildman–Crippen MR) is 79.7 cm³/mol. The summed E-state index contributed by atoms with van der Waals surface area (Å²) >= 11 is 0. The van der Waals surface area contributed by atoms with Crippen LogP contribution >= 0.6 is 0 Å². The number of nitrogens with one attached hydrogen (secondary N) is 1. The number of ether oxygens (including phenoxy) is 3. The number of benzene rings is 1. The maximum absolute atomic E-state index is 12.0. The highest BCUT2D eigenvalue weighted by Crippen LogP contribution is 2.16. The molecule has 0 unspecified atom stereocenters. The van der Waals surface area contributed by atoms with Crippen molar-refractivity contribution in [1.82, 2.24) is 5.32 Å². The molecule has 1 aliphatic heterocycles. The lowest BCUT2D eigenvalue weighted by atomic mass is 10.2. The third kappa shape index (κ3) is 5.02. The van der Waals surface area contributed by atoms with Gasteiger partial charge >= 0.3 is 0 Å². The van der Waals surface area contributed by atoms with Crippen molar-refractivity contribution in [3.05, 3.63) is 29.8 Å². The van der Waals surface area contributed by atoms with E-state index in [4.69, 9.17) is 14.2 Å². The molecule has 1 aliphatic rings. The molecule has 1 amide bonds. The summed E-state index contributed by atoms with van der Waals surface area (Å²) in [5.74, 6) is 0.650. The zero-order valence-corrected chi connectivity index (χ0v) is 12.6. The molecule has 1 aromatic rings. The third-order valence-corrected chi connectivity index (χ3v) is 3.37. The van der Waals surface area contributed by atoms with E-state index in [1.165, 1.54) is 0 Å². The molecule has 0 spiro atoms. The lowest BCUT2D eigenvalue weighted by Crippen LogP contribution is -2.35. The van der Waals surface area contributed by atoms with E-state index in [1.807, 2.05) is 19.1 Å². The van der Waals surface area contributed by atoms with Crippen LogP contribution in [0, 0.1) is 0 Å². The lowest BCUT2D eigenvalue weighted by Gasteiger charge is -2.14. The summed E-state index contributed by atoms with van der Waals surface area (Å²) < 4.78 is 16.2. The number of amides is 1. The Bertz CT molecular complexity index is 440. The van der Waals surface area contributed by atoms with Crippen LogP contribution in [0.3, 0.4) is 0 Å². The minimum atomic E-state index is -0.106. The van der Waals surface area contributed by atoms with Crippen molar-refractivity contribution in [2.24, 2.45) is 0 Å². The Morgan fingerprint density at radius 3 is 2.81 bits per heavy atom. The van der Waals surface area contributed by atoms with Crippen LogP contribution in [0.15, 0.2) is 24.3 Å². The van der Waals surface area contributed by atoms with Crippen LogP contribution in [-0.2, 0) is 9.47 Å². The van der Waals surface area contributed by atoms with Crippen LogP contribution in [0.1, 0.15) is 30.1 Å². The Labute approximate surface area is 125 Å². The van der Waals surface area contributed by atoms with Crippen molar-refractivity contribution in [2.75, 3.05) is 26.9 Å². The molecule has 2 atom stereocenters. The molecule has 21 heavy (non-hydrogen) atoms. The molecule has 1 saturated heterocycles. The Kier molecular flexibility index (Phi) is 6.02. The van der Waals surface area contributed by atoms with Gasteiger partial charge in [-0.05, 0) is 44.0 Å². The highest BCUT2D eigenvalue weighted by Gasteiger charge is 2.16. The molecule has 0 radical (unpaired) electrons. The van der Waals surface area contributed by atoms with E-state index in [9.17, 15) is 4.79 Å². The van der Waals surface area contributed by atoms with E-state index in [0.29, 0.717) is 18.8 Å².